The molecule has 3 nitrogen and oxygen atoms in total. The first kappa shape index (κ1) is 14.8. The zero-order valence-electron chi connectivity index (χ0n) is 10.9. The smallest absolute Gasteiger partial charge is 0.143 e. The third kappa shape index (κ3) is 3.23. The summed E-state index contributed by atoms with van der Waals surface area (Å²) in [6.45, 7) is 0.532. The number of nitrogens with two attached hydrogens (primary N) is 1. The molecule has 0 saturated heterocycles. The van der Waals surface area contributed by atoms with Gasteiger partial charge >= 0.3 is 0 Å². The highest BCUT2D eigenvalue weighted by atomic mass is 79.9. The Morgan fingerprint density at radius 1 is 1.19 bits per heavy atom. The molecule has 3 aromatic rings. The van der Waals surface area contributed by atoms with Gasteiger partial charge in [0, 0.05) is 32.6 Å². The fourth-order valence-electron chi connectivity index (χ4n) is 1.94. The molecule has 0 unspecified atom stereocenters. The van der Waals surface area contributed by atoms with Gasteiger partial charge in [-0.25, -0.2) is 4.98 Å². The second-order valence-electron chi connectivity index (χ2n) is 4.43. The van der Waals surface area contributed by atoms with E-state index in [4.69, 9.17) is 5.73 Å². The van der Waals surface area contributed by atoms with Crippen molar-refractivity contribution in [2.75, 3.05) is 0 Å². The SMILES string of the molecule is NCc1cccc(-c2csc(-c3ncc(Br)cc3Br)n2)c1. The van der Waals surface area contributed by atoms with Crippen LogP contribution in [0.1, 0.15) is 5.56 Å². The highest BCUT2D eigenvalue weighted by Gasteiger charge is 2.11. The quantitative estimate of drug-likeness (QED) is 0.653. The second-order valence-corrected chi connectivity index (χ2v) is 7.05. The van der Waals surface area contributed by atoms with Crippen LogP contribution in [0, 0.1) is 0 Å². The second kappa shape index (κ2) is 6.36. The van der Waals surface area contributed by atoms with Gasteiger partial charge in [0.25, 0.3) is 0 Å². The van der Waals surface area contributed by atoms with Crippen molar-refractivity contribution in [1.82, 2.24) is 9.97 Å². The maximum Gasteiger partial charge on any atom is 0.143 e. The van der Waals surface area contributed by atoms with Crippen molar-refractivity contribution in [3.8, 4) is 22.0 Å². The molecule has 6 heteroatoms. The van der Waals surface area contributed by atoms with Crippen LogP contribution in [0.4, 0.5) is 0 Å². The average molecular weight is 425 g/mol. The van der Waals surface area contributed by atoms with Crippen LogP contribution in [0.15, 0.2) is 50.9 Å². The molecule has 2 N–H and O–H groups in total. The molecule has 0 aliphatic rings. The van der Waals surface area contributed by atoms with E-state index >= 15 is 0 Å². The Kier molecular flexibility index (Phi) is 4.49. The minimum Gasteiger partial charge on any atom is -0.326 e. The van der Waals surface area contributed by atoms with Crippen LogP contribution in [0.2, 0.25) is 0 Å². The highest BCUT2D eigenvalue weighted by molar-refractivity contribution is 9.11. The number of hydrogen-bond acceptors (Lipinski definition) is 4. The first-order valence-corrected chi connectivity index (χ1v) is 8.70. The van der Waals surface area contributed by atoms with Crippen molar-refractivity contribution in [3.63, 3.8) is 0 Å². The summed E-state index contributed by atoms with van der Waals surface area (Å²) < 4.78 is 1.86. The molecule has 0 saturated carbocycles. The summed E-state index contributed by atoms with van der Waals surface area (Å²) in [5.41, 5.74) is 9.67. The third-order valence-electron chi connectivity index (χ3n) is 2.97. The van der Waals surface area contributed by atoms with Gasteiger partial charge in [0.2, 0.25) is 0 Å². The van der Waals surface area contributed by atoms with E-state index in [2.05, 4.69) is 47.9 Å². The molecule has 2 aromatic heterocycles. The van der Waals surface area contributed by atoms with E-state index in [0.29, 0.717) is 6.54 Å². The lowest BCUT2D eigenvalue weighted by atomic mass is 10.1. The van der Waals surface area contributed by atoms with Gasteiger partial charge in [-0.2, -0.15) is 0 Å². The van der Waals surface area contributed by atoms with Gasteiger partial charge in [-0.15, -0.1) is 11.3 Å². The maximum atomic E-state index is 5.69. The molecule has 0 spiro atoms. The van der Waals surface area contributed by atoms with Crippen molar-refractivity contribution in [2.45, 2.75) is 6.54 Å². The van der Waals surface area contributed by atoms with Gasteiger partial charge < -0.3 is 5.73 Å². The normalized spacial score (nSPS) is 10.8. The molecule has 0 bridgehead atoms. The number of hydrogen-bond donors (Lipinski definition) is 1. The standard InChI is InChI=1S/C15H11Br2N3S/c16-11-5-12(17)14(19-7-11)15-20-13(8-21-15)10-3-1-2-9(4-10)6-18/h1-5,7-8H,6,18H2. The van der Waals surface area contributed by atoms with E-state index in [-0.39, 0.29) is 0 Å². The van der Waals surface area contributed by atoms with E-state index in [0.717, 1.165) is 36.5 Å². The number of thiazole rings is 1. The predicted octanol–water partition coefficient (Wildman–Crippen LogP) is 4.86. The molecule has 0 aliphatic heterocycles. The van der Waals surface area contributed by atoms with Gasteiger partial charge in [-0.1, -0.05) is 18.2 Å². The molecule has 0 fully saturated rings. The molecular weight excluding hydrogens is 414 g/mol. The van der Waals surface area contributed by atoms with Crippen molar-refractivity contribution in [2.24, 2.45) is 5.73 Å². The van der Waals surface area contributed by atoms with E-state index in [1.165, 1.54) is 0 Å². The van der Waals surface area contributed by atoms with Crippen molar-refractivity contribution >= 4 is 43.2 Å². The lowest BCUT2D eigenvalue weighted by molar-refractivity contribution is 1.07. The number of aromatic nitrogens is 2. The van der Waals surface area contributed by atoms with E-state index in [1.807, 2.05) is 29.6 Å². The first-order chi connectivity index (χ1) is 10.2. The lowest BCUT2D eigenvalue weighted by Crippen LogP contribution is -1.95. The average Bonchev–Trinajstić information content (AvgIpc) is 2.97. The molecule has 0 amide bonds. The highest BCUT2D eigenvalue weighted by Crippen LogP contribution is 2.33. The number of benzene rings is 1. The number of rotatable bonds is 3. The Morgan fingerprint density at radius 3 is 2.81 bits per heavy atom. The van der Waals surface area contributed by atoms with Crippen LogP contribution in [0.3, 0.4) is 0 Å². The van der Waals surface area contributed by atoms with Gasteiger partial charge in [0.15, 0.2) is 0 Å². The van der Waals surface area contributed by atoms with Gasteiger partial charge in [-0.3, -0.25) is 4.98 Å². The van der Waals surface area contributed by atoms with Crippen molar-refractivity contribution < 1.29 is 0 Å². The Hall–Kier alpha value is -1.08. The zero-order valence-corrected chi connectivity index (χ0v) is 14.9. The third-order valence-corrected chi connectivity index (χ3v) is 4.86. The van der Waals surface area contributed by atoms with Crippen LogP contribution in [-0.4, -0.2) is 9.97 Å². The van der Waals surface area contributed by atoms with E-state index < -0.39 is 0 Å². The van der Waals surface area contributed by atoms with Gasteiger partial charge in [0.1, 0.15) is 10.7 Å². The number of halogens is 2. The Balaban J connectivity index is 1.99. The molecule has 0 radical (unpaired) electrons. The van der Waals surface area contributed by atoms with Crippen LogP contribution in [-0.2, 0) is 6.54 Å². The molecule has 0 aliphatic carbocycles. The molecule has 3 rings (SSSR count). The molecule has 106 valence electrons. The van der Waals surface area contributed by atoms with E-state index in [1.54, 1.807) is 17.5 Å². The van der Waals surface area contributed by atoms with Gasteiger partial charge in [-0.05, 0) is 49.6 Å². The Morgan fingerprint density at radius 2 is 2.05 bits per heavy atom. The summed E-state index contributed by atoms with van der Waals surface area (Å²) in [6, 6.07) is 10.1. The number of pyridine rings is 1. The van der Waals surface area contributed by atoms with Crippen LogP contribution >= 0.6 is 43.2 Å². The molecule has 21 heavy (non-hydrogen) atoms. The van der Waals surface area contributed by atoms with Crippen LogP contribution in [0.25, 0.3) is 22.0 Å². The largest absolute Gasteiger partial charge is 0.326 e. The summed E-state index contributed by atoms with van der Waals surface area (Å²) in [4.78, 5) is 9.11. The fraction of sp³-hybridized carbons (Fsp3) is 0.0667. The van der Waals surface area contributed by atoms with Crippen molar-refractivity contribution in [1.29, 1.82) is 0 Å². The molecular formula is C15H11Br2N3S. The Bertz CT molecular complexity index is 786. The Labute approximate surface area is 143 Å². The summed E-state index contributed by atoms with van der Waals surface area (Å²) in [6.07, 6.45) is 1.77. The van der Waals surface area contributed by atoms with Crippen LogP contribution in [0.5, 0.6) is 0 Å². The lowest BCUT2D eigenvalue weighted by Gasteiger charge is -2.01. The topological polar surface area (TPSA) is 51.8 Å². The maximum absolute atomic E-state index is 5.69. The zero-order chi connectivity index (χ0) is 14.8. The summed E-state index contributed by atoms with van der Waals surface area (Å²) >= 11 is 8.52. The number of nitrogens with zero attached hydrogens (tertiary/aromatic N) is 2. The minimum atomic E-state index is 0.532. The monoisotopic (exact) mass is 423 g/mol. The first-order valence-electron chi connectivity index (χ1n) is 6.23. The van der Waals surface area contributed by atoms with Gasteiger partial charge in [0.05, 0.1) is 5.69 Å². The summed E-state index contributed by atoms with van der Waals surface area (Å²) in [7, 11) is 0. The predicted molar refractivity (Wildman–Crippen MR) is 94.1 cm³/mol. The van der Waals surface area contributed by atoms with Crippen LogP contribution < -0.4 is 5.73 Å². The summed E-state index contributed by atoms with van der Waals surface area (Å²) in [5, 5.41) is 2.93. The molecule has 1 aromatic carbocycles. The summed E-state index contributed by atoms with van der Waals surface area (Å²) in [5.74, 6) is 0. The molecule has 2 heterocycles. The van der Waals surface area contributed by atoms with E-state index in [9.17, 15) is 0 Å². The molecule has 0 atom stereocenters. The van der Waals surface area contributed by atoms with Crippen molar-refractivity contribution in [3.05, 3.63) is 56.4 Å². The minimum absolute atomic E-state index is 0.532. The fourth-order valence-corrected chi connectivity index (χ4v) is 4.09.